The predicted octanol–water partition coefficient (Wildman–Crippen LogP) is 5.07. The normalized spacial score (nSPS) is 14.5. The third kappa shape index (κ3) is 4.36. The van der Waals surface area contributed by atoms with E-state index in [1.165, 1.54) is 6.07 Å². The highest BCUT2D eigenvalue weighted by molar-refractivity contribution is 9.10. The molecule has 0 bridgehead atoms. The highest BCUT2D eigenvalue weighted by Gasteiger charge is 2.18. The Labute approximate surface area is 118 Å². The molecule has 1 rings (SSSR count). The lowest BCUT2D eigenvalue weighted by molar-refractivity contribution is 0.400. The van der Waals surface area contributed by atoms with Crippen LogP contribution in [0.25, 0.3) is 0 Å². The largest absolute Gasteiger partial charge is 0.310 e. The molecular formula is C15H23BrFN. The maximum Gasteiger partial charge on any atom is 0.137 e. The topological polar surface area (TPSA) is 12.0 Å². The van der Waals surface area contributed by atoms with Crippen LogP contribution in [0, 0.1) is 11.7 Å². The molecule has 0 aromatic heterocycles. The zero-order valence-corrected chi connectivity index (χ0v) is 13.1. The molecule has 102 valence electrons. The van der Waals surface area contributed by atoms with Crippen LogP contribution in [-0.4, -0.2) is 6.54 Å². The number of rotatable bonds is 7. The molecule has 0 aliphatic carbocycles. The quantitative estimate of drug-likeness (QED) is 0.741. The van der Waals surface area contributed by atoms with E-state index in [0.717, 1.165) is 31.4 Å². The van der Waals surface area contributed by atoms with Crippen molar-refractivity contribution in [1.29, 1.82) is 0 Å². The van der Waals surface area contributed by atoms with E-state index in [0.29, 0.717) is 10.4 Å². The van der Waals surface area contributed by atoms with Crippen molar-refractivity contribution in [2.24, 2.45) is 5.92 Å². The van der Waals surface area contributed by atoms with E-state index in [2.05, 4.69) is 42.0 Å². The number of benzene rings is 1. The van der Waals surface area contributed by atoms with Gasteiger partial charge in [0.2, 0.25) is 0 Å². The van der Waals surface area contributed by atoms with Crippen molar-refractivity contribution < 1.29 is 4.39 Å². The van der Waals surface area contributed by atoms with Crippen molar-refractivity contribution >= 4 is 15.9 Å². The van der Waals surface area contributed by atoms with Crippen molar-refractivity contribution in [2.75, 3.05) is 6.54 Å². The molecule has 1 aromatic carbocycles. The predicted molar refractivity (Wildman–Crippen MR) is 79.2 cm³/mol. The summed E-state index contributed by atoms with van der Waals surface area (Å²) in [5, 5.41) is 3.52. The Morgan fingerprint density at radius 2 is 2.06 bits per heavy atom. The van der Waals surface area contributed by atoms with Gasteiger partial charge in [-0.1, -0.05) is 39.3 Å². The molecule has 0 aliphatic heterocycles. The Morgan fingerprint density at radius 1 is 1.33 bits per heavy atom. The van der Waals surface area contributed by atoms with Crippen molar-refractivity contribution in [3.63, 3.8) is 0 Å². The molecule has 18 heavy (non-hydrogen) atoms. The van der Waals surface area contributed by atoms with Gasteiger partial charge in [-0.25, -0.2) is 4.39 Å². The van der Waals surface area contributed by atoms with Gasteiger partial charge in [0.15, 0.2) is 0 Å². The fourth-order valence-corrected chi connectivity index (χ4v) is 2.54. The van der Waals surface area contributed by atoms with Gasteiger partial charge < -0.3 is 5.32 Å². The molecule has 1 nitrogen and oxygen atoms in total. The van der Waals surface area contributed by atoms with E-state index in [1.807, 2.05) is 6.07 Å². The van der Waals surface area contributed by atoms with Gasteiger partial charge in [-0.2, -0.15) is 0 Å². The van der Waals surface area contributed by atoms with E-state index in [4.69, 9.17) is 0 Å². The van der Waals surface area contributed by atoms with E-state index < -0.39 is 0 Å². The van der Waals surface area contributed by atoms with E-state index >= 15 is 0 Å². The Balaban J connectivity index is 2.90. The summed E-state index contributed by atoms with van der Waals surface area (Å²) in [6, 6.07) is 5.51. The minimum atomic E-state index is -0.181. The van der Waals surface area contributed by atoms with Gasteiger partial charge in [0.05, 0.1) is 4.47 Å². The molecule has 0 fully saturated rings. The van der Waals surface area contributed by atoms with Crippen molar-refractivity contribution in [1.82, 2.24) is 5.32 Å². The summed E-state index contributed by atoms with van der Waals surface area (Å²) in [4.78, 5) is 0. The van der Waals surface area contributed by atoms with Crippen LogP contribution in [0.5, 0.6) is 0 Å². The molecule has 0 aliphatic rings. The standard InChI is InChI=1S/C15H23BrFN/c1-4-9-18-14(10-11(3)5-2)12-7-6-8-13(17)15(12)16/h6-8,11,14,18H,4-5,9-10H2,1-3H3. The molecule has 0 saturated carbocycles. The molecule has 3 heteroatoms. The second-order valence-corrected chi connectivity index (χ2v) is 5.69. The third-order valence-electron chi connectivity index (χ3n) is 3.33. The number of hydrogen-bond acceptors (Lipinski definition) is 1. The Morgan fingerprint density at radius 3 is 2.67 bits per heavy atom. The first kappa shape index (κ1) is 15.6. The molecule has 1 N–H and O–H groups in total. The lowest BCUT2D eigenvalue weighted by Crippen LogP contribution is -2.24. The lowest BCUT2D eigenvalue weighted by atomic mass is 9.94. The molecule has 0 heterocycles. The molecule has 0 radical (unpaired) electrons. The molecule has 0 amide bonds. The van der Waals surface area contributed by atoms with Gasteiger partial charge in [-0.15, -0.1) is 0 Å². The van der Waals surface area contributed by atoms with Crippen molar-refractivity contribution in [3.05, 3.63) is 34.1 Å². The summed E-state index contributed by atoms with van der Waals surface area (Å²) in [5.74, 6) is 0.453. The zero-order chi connectivity index (χ0) is 13.5. The van der Waals surface area contributed by atoms with Gasteiger partial charge in [0.1, 0.15) is 5.82 Å². The first-order valence-corrected chi connectivity index (χ1v) is 7.56. The average Bonchev–Trinajstić information content (AvgIpc) is 2.37. The van der Waals surface area contributed by atoms with Gasteiger partial charge in [-0.05, 0) is 52.9 Å². The Kier molecular flexibility index (Phi) is 6.87. The van der Waals surface area contributed by atoms with Crippen LogP contribution in [0.1, 0.15) is 51.6 Å². The lowest BCUT2D eigenvalue weighted by Gasteiger charge is -2.23. The first-order valence-electron chi connectivity index (χ1n) is 6.77. The van der Waals surface area contributed by atoms with Crippen LogP contribution in [0.4, 0.5) is 4.39 Å². The first-order chi connectivity index (χ1) is 8.60. The van der Waals surface area contributed by atoms with Crippen LogP contribution in [-0.2, 0) is 0 Å². The highest BCUT2D eigenvalue weighted by Crippen LogP contribution is 2.30. The molecule has 2 unspecified atom stereocenters. The molecule has 2 atom stereocenters. The van der Waals surface area contributed by atoms with Crippen LogP contribution in [0.15, 0.2) is 22.7 Å². The second kappa shape index (κ2) is 7.90. The monoisotopic (exact) mass is 315 g/mol. The maximum absolute atomic E-state index is 13.6. The average molecular weight is 316 g/mol. The summed E-state index contributed by atoms with van der Waals surface area (Å²) < 4.78 is 14.2. The zero-order valence-electron chi connectivity index (χ0n) is 11.5. The molecular weight excluding hydrogens is 293 g/mol. The summed E-state index contributed by atoms with van der Waals surface area (Å²) in [6.45, 7) is 7.55. The Bertz CT molecular complexity index is 368. The van der Waals surface area contributed by atoms with Crippen LogP contribution < -0.4 is 5.32 Å². The molecule has 0 saturated heterocycles. The van der Waals surface area contributed by atoms with Crippen molar-refractivity contribution in [3.8, 4) is 0 Å². The highest BCUT2D eigenvalue weighted by atomic mass is 79.9. The fraction of sp³-hybridized carbons (Fsp3) is 0.600. The van der Waals surface area contributed by atoms with Gasteiger partial charge in [0.25, 0.3) is 0 Å². The minimum absolute atomic E-state index is 0.181. The second-order valence-electron chi connectivity index (χ2n) is 4.90. The van der Waals surface area contributed by atoms with Gasteiger partial charge >= 0.3 is 0 Å². The van der Waals surface area contributed by atoms with Gasteiger partial charge in [-0.3, -0.25) is 0 Å². The van der Waals surface area contributed by atoms with E-state index in [-0.39, 0.29) is 11.9 Å². The van der Waals surface area contributed by atoms with Crippen LogP contribution in [0.3, 0.4) is 0 Å². The molecule has 0 spiro atoms. The number of hydrogen-bond donors (Lipinski definition) is 1. The van der Waals surface area contributed by atoms with Crippen LogP contribution in [0.2, 0.25) is 0 Å². The smallest absolute Gasteiger partial charge is 0.137 e. The van der Waals surface area contributed by atoms with E-state index in [9.17, 15) is 4.39 Å². The summed E-state index contributed by atoms with van der Waals surface area (Å²) >= 11 is 3.37. The van der Waals surface area contributed by atoms with E-state index in [1.54, 1.807) is 6.07 Å². The van der Waals surface area contributed by atoms with Gasteiger partial charge in [0, 0.05) is 6.04 Å². The van der Waals surface area contributed by atoms with Crippen molar-refractivity contribution in [2.45, 2.75) is 46.1 Å². The number of halogens is 2. The summed E-state index contributed by atoms with van der Waals surface area (Å²) in [5.41, 5.74) is 1.03. The third-order valence-corrected chi connectivity index (χ3v) is 4.17. The SMILES string of the molecule is CCCNC(CC(C)CC)c1cccc(F)c1Br. The summed E-state index contributed by atoms with van der Waals surface area (Å²) in [7, 11) is 0. The molecule has 1 aromatic rings. The Hall–Kier alpha value is -0.410. The number of nitrogens with one attached hydrogen (secondary N) is 1. The summed E-state index contributed by atoms with van der Waals surface area (Å²) in [6.07, 6.45) is 3.28. The minimum Gasteiger partial charge on any atom is -0.310 e. The maximum atomic E-state index is 13.6. The van der Waals surface area contributed by atoms with Crippen LogP contribution >= 0.6 is 15.9 Å². The fourth-order valence-electron chi connectivity index (χ4n) is 2.00.